The van der Waals surface area contributed by atoms with E-state index in [4.69, 9.17) is 5.11 Å². The van der Waals surface area contributed by atoms with Crippen LogP contribution < -0.4 is 0 Å². The molecule has 0 fully saturated rings. The zero-order chi connectivity index (χ0) is 14.8. The molecule has 1 atom stereocenters. The summed E-state index contributed by atoms with van der Waals surface area (Å²) in [4.78, 5) is 23.5. The third-order valence-electron chi connectivity index (χ3n) is 2.68. The Hall–Kier alpha value is -1.89. The standard InChI is InChI=1S/C12H15NO5S/c1-8(11(14)13(2)3)19(17,18)10-6-4-9(5-7-10)12(15)16/h4-8H,1-3H3,(H,15,16). The van der Waals surface area contributed by atoms with E-state index >= 15 is 0 Å². The molecule has 0 radical (unpaired) electrons. The number of carboxylic acids is 1. The molecular formula is C12H15NO5S. The van der Waals surface area contributed by atoms with Crippen molar-refractivity contribution in [2.75, 3.05) is 14.1 Å². The molecule has 0 aliphatic rings. The van der Waals surface area contributed by atoms with Crippen molar-refractivity contribution in [3.63, 3.8) is 0 Å². The van der Waals surface area contributed by atoms with Gasteiger partial charge in [0.1, 0.15) is 5.25 Å². The lowest BCUT2D eigenvalue weighted by atomic mass is 10.2. The van der Waals surface area contributed by atoms with Gasteiger partial charge in [0.05, 0.1) is 10.5 Å². The first-order valence-electron chi connectivity index (χ1n) is 5.46. The number of carbonyl (C=O) groups excluding carboxylic acids is 1. The Morgan fingerprint density at radius 1 is 1.16 bits per heavy atom. The van der Waals surface area contributed by atoms with Gasteiger partial charge < -0.3 is 10.0 Å². The summed E-state index contributed by atoms with van der Waals surface area (Å²) in [5.41, 5.74) is -0.00876. The number of nitrogens with zero attached hydrogens (tertiary/aromatic N) is 1. The first-order chi connectivity index (χ1) is 8.67. The molecule has 0 aromatic heterocycles. The Morgan fingerprint density at radius 2 is 1.63 bits per heavy atom. The maximum absolute atomic E-state index is 12.2. The van der Waals surface area contributed by atoms with Crippen LogP contribution in [0.4, 0.5) is 0 Å². The summed E-state index contributed by atoms with van der Waals surface area (Å²) >= 11 is 0. The Morgan fingerprint density at radius 3 is 2.00 bits per heavy atom. The largest absolute Gasteiger partial charge is 0.478 e. The number of aromatic carboxylic acids is 1. The van der Waals surface area contributed by atoms with E-state index in [9.17, 15) is 18.0 Å². The molecule has 6 nitrogen and oxygen atoms in total. The summed E-state index contributed by atoms with van der Waals surface area (Å²) in [6.45, 7) is 1.31. The predicted octanol–water partition coefficient (Wildman–Crippen LogP) is 0.635. The van der Waals surface area contributed by atoms with Gasteiger partial charge in [-0.15, -0.1) is 0 Å². The lowest BCUT2D eigenvalue weighted by Crippen LogP contribution is -2.37. The number of hydrogen-bond donors (Lipinski definition) is 1. The average molecular weight is 285 g/mol. The number of benzene rings is 1. The first kappa shape index (κ1) is 15.2. The molecule has 1 amide bonds. The zero-order valence-corrected chi connectivity index (χ0v) is 11.6. The van der Waals surface area contributed by atoms with Crippen molar-refractivity contribution in [3.05, 3.63) is 29.8 Å². The van der Waals surface area contributed by atoms with Crippen LogP contribution in [0, 0.1) is 0 Å². The monoisotopic (exact) mass is 285 g/mol. The van der Waals surface area contributed by atoms with Crippen LogP contribution in [-0.4, -0.2) is 49.6 Å². The highest BCUT2D eigenvalue weighted by Gasteiger charge is 2.30. The van der Waals surface area contributed by atoms with Gasteiger partial charge in [0.25, 0.3) is 0 Å². The third kappa shape index (κ3) is 3.11. The maximum Gasteiger partial charge on any atom is 0.335 e. The van der Waals surface area contributed by atoms with E-state index in [2.05, 4.69) is 0 Å². The second kappa shape index (κ2) is 5.40. The smallest absolute Gasteiger partial charge is 0.335 e. The second-order valence-electron chi connectivity index (χ2n) is 4.25. The Kier molecular flexibility index (Phi) is 4.31. The van der Waals surface area contributed by atoms with Gasteiger partial charge in [-0.05, 0) is 31.2 Å². The van der Waals surface area contributed by atoms with Crippen molar-refractivity contribution in [2.45, 2.75) is 17.1 Å². The molecule has 0 heterocycles. The number of carbonyl (C=O) groups is 2. The van der Waals surface area contributed by atoms with Crippen LogP contribution in [-0.2, 0) is 14.6 Å². The van der Waals surface area contributed by atoms with E-state index in [-0.39, 0.29) is 10.5 Å². The number of hydrogen-bond acceptors (Lipinski definition) is 4. The van der Waals surface area contributed by atoms with Crippen LogP contribution in [0.3, 0.4) is 0 Å². The minimum absolute atomic E-state index is 0.00876. The SMILES string of the molecule is CC(C(=O)N(C)C)S(=O)(=O)c1ccc(C(=O)O)cc1. The molecule has 7 heteroatoms. The van der Waals surface area contributed by atoms with E-state index in [1.165, 1.54) is 50.2 Å². The van der Waals surface area contributed by atoms with Crippen LogP contribution >= 0.6 is 0 Å². The molecule has 0 saturated carbocycles. The fourth-order valence-electron chi connectivity index (χ4n) is 1.49. The molecule has 1 aromatic rings. The average Bonchev–Trinajstić information content (AvgIpc) is 2.36. The second-order valence-corrected chi connectivity index (χ2v) is 6.52. The zero-order valence-electron chi connectivity index (χ0n) is 10.8. The molecule has 1 rings (SSSR count). The Bertz CT molecular complexity index is 589. The maximum atomic E-state index is 12.2. The molecule has 0 aliphatic carbocycles. The van der Waals surface area contributed by atoms with E-state index in [1.54, 1.807) is 0 Å². The van der Waals surface area contributed by atoms with Gasteiger partial charge in [0.2, 0.25) is 5.91 Å². The van der Waals surface area contributed by atoms with Crippen LogP contribution in [0.1, 0.15) is 17.3 Å². The minimum Gasteiger partial charge on any atom is -0.478 e. The molecule has 104 valence electrons. The van der Waals surface area contributed by atoms with E-state index in [0.717, 1.165) is 0 Å². The Balaban J connectivity index is 3.14. The fraction of sp³-hybridized carbons (Fsp3) is 0.333. The summed E-state index contributed by atoms with van der Waals surface area (Å²) < 4.78 is 24.3. The summed E-state index contributed by atoms with van der Waals surface area (Å²) in [5, 5.41) is 7.53. The highest BCUT2D eigenvalue weighted by molar-refractivity contribution is 7.92. The molecule has 1 unspecified atom stereocenters. The summed E-state index contributed by atoms with van der Waals surface area (Å²) in [6.07, 6.45) is 0. The third-order valence-corrected chi connectivity index (χ3v) is 4.75. The van der Waals surface area contributed by atoms with Crippen LogP contribution in [0.25, 0.3) is 0 Å². The van der Waals surface area contributed by atoms with Gasteiger partial charge in [-0.3, -0.25) is 4.79 Å². The minimum atomic E-state index is -3.81. The van der Waals surface area contributed by atoms with E-state index in [1.807, 2.05) is 0 Å². The normalized spacial score (nSPS) is 12.8. The molecule has 0 spiro atoms. The Labute approximate surface area is 111 Å². The molecule has 0 aliphatic heterocycles. The van der Waals surface area contributed by atoms with Crippen LogP contribution in [0.15, 0.2) is 29.2 Å². The first-order valence-corrected chi connectivity index (χ1v) is 7.01. The van der Waals surface area contributed by atoms with Gasteiger partial charge in [-0.25, -0.2) is 13.2 Å². The number of amides is 1. The molecule has 0 bridgehead atoms. The van der Waals surface area contributed by atoms with Gasteiger partial charge in [0.15, 0.2) is 9.84 Å². The summed E-state index contributed by atoms with van der Waals surface area (Å²) in [5.74, 6) is -1.66. The molecule has 19 heavy (non-hydrogen) atoms. The van der Waals surface area contributed by atoms with Crippen LogP contribution in [0.5, 0.6) is 0 Å². The van der Waals surface area contributed by atoms with Gasteiger partial charge in [-0.2, -0.15) is 0 Å². The lowest BCUT2D eigenvalue weighted by Gasteiger charge is -2.17. The van der Waals surface area contributed by atoms with Crippen molar-refractivity contribution in [3.8, 4) is 0 Å². The van der Waals surface area contributed by atoms with Crippen molar-refractivity contribution >= 4 is 21.7 Å². The van der Waals surface area contributed by atoms with E-state index < -0.39 is 27.0 Å². The summed E-state index contributed by atoms with van der Waals surface area (Å²) in [6, 6.07) is 4.78. The van der Waals surface area contributed by atoms with Crippen LogP contribution in [0.2, 0.25) is 0 Å². The fourth-order valence-corrected chi connectivity index (χ4v) is 2.89. The number of carboxylic acid groups (broad SMARTS) is 1. The quantitative estimate of drug-likeness (QED) is 0.876. The molecule has 1 N–H and O–H groups in total. The van der Waals surface area contributed by atoms with Crippen molar-refractivity contribution in [1.82, 2.24) is 4.90 Å². The highest BCUT2D eigenvalue weighted by atomic mass is 32.2. The van der Waals surface area contributed by atoms with Crippen molar-refractivity contribution in [2.24, 2.45) is 0 Å². The van der Waals surface area contributed by atoms with Gasteiger partial charge in [-0.1, -0.05) is 0 Å². The number of rotatable bonds is 4. The predicted molar refractivity (Wildman–Crippen MR) is 68.7 cm³/mol. The highest BCUT2D eigenvalue weighted by Crippen LogP contribution is 2.18. The van der Waals surface area contributed by atoms with Gasteiger partial charge >= 0.3 is 5.97 Å². The molecule has 1 aromatic carbocycles. The van der Waals surface area contributed by atoms with Crippen molar-refractivity contribution in [1.29, 1.82) is 0 Å². The van der Waals surface area contributed by atoms with Gasteiger partial charge in [0, 0.05) is 14.1 Å². The molecular weight excluding hydrogens is 270 g/mol. The number of sulfone groups is 1. The van der Waals surface area contributed by atoms with E-state index in [0.29, 0.717) is 0 Å². The summed E-state index contributed by atoms with van der Waals surface area (Å²) in [7, 11) is -0.862. The lowest BCUT2D eigenvalue weighted by molar-refractivity contribution is -0.127. The topological polar surface area (TPSA) is 91.8 Å². The van der Waals surface area contributed by atoms with Crippen molar-refractivity contribution < 1.29 is 23.1 Å². The molecule has 0 saturated heterocycles.